The maximum Gasteiger partial charge on any atom is 0.325 e. The van der Waals surface area contributed by atoms with Crippen LogP contribution in [0, 0.1) is 6.92 Å². The quantitative estimate of drug-likeness (QED) is 0.740. The number of hydrogen-bond acceptors (Lipinski definition) is 5. The van der Waals surface area contributed by atoms with E-state index >= 15 is 0 Å². The van der Waals surface area contributed by atoms with Gasteiger partial charge in [-0.15, -0.1) is 10.2 Å². The summed E-state index contributed by atoms with van der Waals surface area (Å²) in [5, 5.41) is 23.2. The number of phenols is 1. The average Bonchev–Trinajstić information content (AvgIpc) is 2.69. The number of amides is 2. The van der Waals surface area contributed by atoms with Gasteiger partial charge in [0.2, 0.25) is 5.13 Å². The van der Waals surface area contributed by atoms with E-state index in [1.54, 1.807) is 6.92 Å². The van der Waals surface area contributed by atoms with Crippen molar-refractivity contribution in [3.8, 4) is 5.75 Å². The molecule has 94 valence electrons. The molecule has 6 nitrogen and oxygen atoms in total. The fourth-order valence-electron chi connectivity index (χ4n) is 1.19. The third-order valence-corrected chi connectivity index (χ3v) is 3.01. The Hall–Kier alpha value is -1.86. The number of urea groups is 1. The van der Waals surface area contributed by atoms with Crippen molar-refractivity contribution in [1.82, 2.24) is 10.2 Å². The first-order valence-electron chi connectivity index (χ1n) is 4.91. The van der Waals surface area contributed by atoms with Crippen LogP contribution in [-0.2, 0) is 0 Å². The lowest BCUT2D eigenvalue weighted by Gasteiger charge is -2.05. The van der Waals surface area contributed by atoms with Crippen molar-refractivity contribution in [3.63, 3.8) is 0 Å². The SMILES string of the molecule is Cc1nnc(NC(=O)Nc2ccc(O)c(Cl)c2)s1. The summed E-state index contributed by atoms with van der Waals surface area (Å²) in [5.74, 6) is -0.0395. The Balaban J connectivity index is 2.00. The Morgan fingerprint density at radius 2 is 2.17 bits per heavy atom. The Morgan fingerprint density at radius 3 is 2.78 bits per heavy atom. The van der Waals surface area contributed by atoms with Crippen molar-refractivity contribution in [2.45, 2.75) is 6.92 Å². The average molecular weight is 285 g/mol. The van der Waals surface area contributed by atoms with Gasteiger partial charge in [-0.05, 0) is 25.1 Å². The van der Waals surface area contributed by atoms with E-state index in [0.717, 1.165) is 5.01 Å². The summed E-state index contributed by atoms with van der Waals surface area (Å²) >= 11 is 6.99. The number of anilines is 2. The van der Waals surface area contributed by atoms with Crippen LogP contribution < -0.4 is 10.6 Å². The number of aromatic nitrogens is 2. The highest BCUT2D eigenvalue weighted by molar-refractivity contribution is 7.15. The van der Waals surface area contributed by atoms with Crippen LogP contribution >= 0.6 is 22.9 Å². The van der Waals surface area contributed by atoms with Gasteiger partial charge in [0.05, 0.1) is 5.02 Å². The van der Waals surface area contributed by atoms with Gasteiger partial charge in [-0.3, -0.25) is 5.32 Å². The molecular weight excluding hydrogens is 276 g/mol. The van der Waals surface area contributed by atoms with Gasteiger partial charge in [-0.2, -0.15) is 0 Å². The van der Waals surface area contributed by atoms with Crippen LogP contribution in [0.5, 0.6) is 5.75 Å². The highest BCUT2D eigenvalue weighted by Gasteiger charge is 2.07. The van der Waals surface area contributed by atoms with E-state index in [4.69, 9.17) is 11.6 Å². The normalized spacial score (nSPS) is 10.1. The Morgan fingerprint density at radius 1 is 1.39 bits per heavy atom. The molecule has 0 saturated carbocycles. The molecule has 1 aromatic heterocycles. The Labute approximate surface area is 112 Å². The van der Waals surface area contributed by atoms with Crippen LogP contribution in [0.4, 0.5) is 15.6 Å². The lowest BCUT2D eigenvalue weighted by molar-refractivity contribution is 0.262. The van der Waals surface area contributed by atoms with Gasteiger partial charge < -0.3 is 10.4 Å². The maximum absolute atomic E-state index is 11.6. The van der Waals surface area contributed by atoms with Gasteiger partial charge in [0, 0.05) is 5.69 Å². The number of benzene rings is 1. The van der Waals surface area contributed by atoms with Gasteiger partial charge in [-0.25, -0.2) is 4.79 Å². The molecule has 0 saturated heterocycles. The van der Waals surface area contributed by atoms with Gasteiger partial charge in [0.25, 0.3) is 0 Å². The van der Waals surface area contributed by atoms with Crippen molar-refractivity contribution in [1.29, 1.82) is 0 Å². The molecule has 8 heteroatoms. The fourth-order valence-corrected chi connectivity index (χ4v) is 1.96. The third kappa shape index (κ3) is 3.08. The summed E-state index contributed by atoms with van der Waals surface area (Å²) in [4.78, 5) is 11.6. The van der Waals surface area contributed by atoms with Gasteiger partial charge in [0.1, 0.15) is 10.8 Å². The molecule has 18 heavy (non-hydrogen) atoms. The topological polar surface area (TPSA) is 87.1 Å². The molecule has 0 radical (unpaired) electrons. The largest absolute Gasteiger partial charge is 0.506 e. The molecule has 1 aromatic carbocycles. The number of aromatic hydroxyl groups is 1. The molecular formula is C10H9ClN4O2S. The highest BCUT2D eigenvalue weighted by atomic mass is 35.5. The predicted molar refractivity (Wildman–Crippen MR) is 70.4 cm³/mol. The lowest BCUT2D eigenvalue weighted by Crippen LogP contribution is -2.19. The number of nitrogens with zero attached hydrogens (tertiary/aromatic N) is 2. The first-order valence-corrected chi connectivity index (χ1v) is 6.10. The molecule has 2 aromatic rings. The summed E-state index contributed by atoms with van der Waals surface area (Å²) in [7, 11) is 0. The zero-order chi connectivity index (χ0) is 13.1. The molecule has 0 bridgehead atoms. The van der Waals surface area contributed by atoms with Crippen LogP contribution in [0.1, 0.15) is 5.01 Å². The number of phenolic OH excluding ortho intramolecular Hbond substituents is 1. The van der Waals surface area contributed by atoms with Crippen molar-refractivity contribution in [3.05, 3.63) is 28.2 Å². The van der Waals surface area contributed by atoms with Crippen LogP contribution in [-0.4, -0.2) is 21.3 Å². The standard InChI is InChI=1S/C10H9ClN4O2S/c1-5-14-15-10(18-5)13-9(17)12-6-2-3-8(16)7(11)4-6/h2-4,16H,1H3,(H2,12,13,15,17). The fraction of sp³-hybridized carbons (Fsp3) is 0.100. The summed E-state index contributed by atoms with van der Waals surface area (Å²) < 4.78 is 0. The molecule has 2 rings (SSSR count). The molecule has 1 heterocycles. The van der Waals surface area contributed by atoms with E-state index in [-0.39, 0.29) is 10.8 Å². The predicted octanol–water partition coefficient (Wildman–Crippen LogP) is 2.85. The van der Waals surface area contributed by atoms with Crippen molar-refractivity contribution >= 4 is 39.8 Å². The van der Waals surface area contributed by atoms with Gasteiger partial charge in [0.15, 0.2) is 0 Å². The smallest absolute Gasteiger partial charge is 0.325 e. The number of rotatable bonds is 2. The number of carbonyl (C=O) groups is 1. The molecule has 0 aliphatic carbocycles. The summed E-state index contributed by atoms with van der Waals surface area (Å²) in [5.41, 5.74) is 0.469. The number of carbonyl (C=O) groups excluding carboxylic acids is 1. The zero-order valence-electron chi connectivity index (χ0n) is 9.27. The van der Waals surface area contributed by atoms with Crippen LogP contribution in [0.2, 0.25) is 5.02 Å². The summed E-state index contributed by atoms with van der Waals surface area (Å²) in [6, 6.07) is 3.92. The second-order valence-corrected chi connectivity index (χ2v) is 4.96. The van der Waals surface area contributed by atoms with Crippen LogP contribution in [0.15, 0.2) is 18.2 Å². The van der Waals surface area contributed by atoms with Crippen molar-refractivity contribution in [2.24, 2.45) is 0 Å². The second kappa shape index (κ2) is 5.19. The monoisotopic (exact) mass is 284 g/mol. The number of nitrogens with one attached hydrogen (secondary N) is 2. The van der Waals surface area contributed by atoms with Gasteiger partial charge >= 0.3 is 6.03 Å². The summed E-state index contributed by atoms with van der Waals surface area (Å²) in [6.45, 7) is 1.79. The van der Waals surface area contributed by atoms with E-state index in [0.29, 0.717) is 10.8 Å². The van der Waals surface area contributed by atoms with E-state index in [1.165, 1.54) is 29.5 Å². The molecule has 0 spiro atoms. The Kier molecular flexibility index (Phi) is 3.63. The lowest BCUT2D eigenvalue weighted by atomic mass is 10.3. The minimum atomic E-state index is -0.451. The minimum Gasteiger partial charge on any atom is -0.506 e. The minimum absolute atomic E-state index is 0.0395. The van der Waals surface area contributed by atoms with Gasteiger partial charge in [-0.1, -0.05) is 22.9 Å². The number of aryl methyl sites for hydroxylation is 1. The molecule has 0 fully saturated rings. The maximum atomic E-state index is 11.6. The third-order valence-electron chi connectivity index (χ3n) is 1.95. The van der Waals surface area contributed by atoms with Crippen molar-refractivity contribution < 1.29 is 9.90 Å². The van der Waals surface area contributed by atoms with E-state index in [1.807, 2.05) is 0 Å². The highest BCUT2D eigenvalue weighted by Crippen LogP contribution is 2.26. The number of hydrogen-bond donors (Lipinski definition) is 3. The van der Waals surface area contributed by atoms with Crippen molar-refractivity contribution in [2.75, 3.05) is 10.6 Å². The number of halogens is 1. The van der Waals surface area contributed by atoms with E-state index in [2.05, 4.69) is 20.8 Å². The van der Waals surface area contributed by atoms with E-state index < -0.39 is 6.03 Å². The van der Waals surface area contributed by atoms with Crippen LogP contribution in [0.3, 0.4) is 0 Å². The molecule has 0 aliphatic rings. The molecule has 0 aliphatic heterocycles. The summed E-state index contributed by atoms with van der Waals surface area (Å²) in [6.07, 6.45) is 0. The Bertz CT molecular complexity index is 587. The van der Waals surface area contributed by atoms with E-state index in [9.17, 15) is 9.90 Å². The second-order valence-electron chi connectivity index (χ2n) is 3.37. The zero-order valence-corrected chi connectivity index (χ0v) is 10.8. The molecule has 0 atom stereocenters. The van der Waals surface area contributed by atoms with Crippen LogP contribution in [0.25, 0.3) is 0 Å². The molecule has 0 unspecified atom stereocenters. The first-order chi connectivity index (χ1) is 8.54. The molecule has 2 amide bonds. The molecule has 3 N–H and O–H groups in total. The first kappa shape index (κ1) is 12.6.